The van der Waals surface area contributed by atoms with Gasteiger partial charge < -0.3 is 10.1 Å². The lowest BCUT2D eigenvalue weighted by molar-refractivity contribution is 0.0690. The van der Waals surface area contributed by atoms with Gasteiger partial charge in [0.15, 0.2) is 0 Å². The van der Waals surface area contributed by atoms with Crippen molar-refractivity contribution in [1.82, 2.24) is 9.97 Å². The van der Waals surface area contributed by atoms with Crippen molar-refractivity contribution in [2.75, 3.05) is 0 Å². The number of carbonyl (C=O) groups is 1. The third-order valence-corrected chi connectivity index (χ3v) is 1.33. The van der Waals surface area contributed by atoms with Crippen LogP contribution in [0.25, 0.3) is 0 Å². The Morgan fingerprint density at radius 2 is 2.45 bits per heavy atom. The van der Waals surface area contributed by atoms with Crippen LogP contribution in [0.2, 0.25) is 5.28 Å². The zero-order valence-electron chi connectivity index (χ0n) is 5.17. The Morgan fingerprint density at radius 1 is 1.82 bits per heavy atom. The number of carboxylic acids is 1. The molecule has 2 N–H and O–H groups in total. The van der Waals surface area contributed by atoms with Gasteiger partial charge in [-0.05, 0) is 11.6 Å². The fraction of sp³-hybridized carbons (Fsp3) is 0. The molecule has 0 aliphatic carbocycles. The Morgan fingerprint density at radius 3 is 2.91 bits per heavy atom. The number of aromatic carboxylic acids is 1. The SMILES string of the molecule is O=C(O)c1cc(=S)nc(Cl)[nH]1. The predicted molar refractivity (Wildman–Crippen MR) is 41.4 cm³/mol. The van der Waals surface area contributed by atoms with E-state index < -0.39 is 5.97 Å². The second-order valence-corrected chi connectivity index (χ2v) is 2.51. The van der Waals surface area contributed by atoms with E-state index in [1.165, 1.54) is 6.07 Å². The summed E-state index contributed by atoms with van der Waals surface area (Å²) in [5.74, 6) is -1.11. The number of rotatable bonds is 1. The maximum absolute atomic E-state index is 10.3. The molecule has 0 saturated carbocycles. The Balaban J connectivity index is 3.30. The summed E-state index contributed by atoms with van der Waals surface area (Å²) < 4.78 is 0.158. The Bertz CT molecular complexity index is 349. The molecular weight excluding hydrogens is 188 g/mol. The molecule has 11 heavy (non-hydrogen) atoms. The molecule has 0 spiro atoms. The second-order valence-electron chi connectivity index (χ2n) is 1.73. The fourth-order valence-corrected chi connectivity index (χ4v) is 0.995. The third-order valence-electron chi connectivity index (χ3n) is 0.944. The molecule has 6 heteroatoms. The van der Waals surface area contributed by atoms with Crippen molar-refractivity contribution in [1.29, 1.82) is 0 Å². The van der Waals surface area contributed by atoms with Gasteiger partial charge in [-0.1, -0.05) is 12.2 Å². The quantitative estimate of drug-likeness (QED) is 0.520. The number of H-pyrrole nitrogens is 1. The van der Waals surface area contributed by atoms with Crippen molar-refractivity contribution >= 4 is 29.8 Å². The Hall–Kier alpha value is -0.940. The number of nitrogens with one attached hydrogen (secondary N) is 1. The molecule has 1 aromatic rings. The van der Waals surface area contributed by atoms with Gasteiger partial charge in [-0.15, -0.1) is 0 Å². The Labute approximate surface area is 71.9 Å². The van der Waals surface area contributed by atoms with Crippen LogP contribution in [0.15, 0.2) is 6.07 Å². The van der Waals surface area contributed by atoms with Crippen molar-refractivity contribution < 1.29 is 9.90 Å². The van der Waals surface area contributed by atoms with E-state index in [2.05, 4.69) is 22.2 Å². The van der Waals surface area contributed by atoms with Crippen LogP contribution in [0.3, 0.4) is 0 Å². The van der Waals surface area contributed by atoms with Gasteiger partial charge in [0.25, 0.3) is 0 Å². The average Bonchev–Trinajstić information content (AvgIpc) is 1.85. The van der Waals surface area contributed by atoms with E-state index in [-0.39, 0.29) is 15.6 Å². The van der Waals surface area contributed by atoms with Crippen molar-refractivity contribution in [3.05, 3.63) is 21.7 Å². The first kappa shape index (κ1) is 8.16. The number of hydrogen-bond acceptors (Lipinski definition) is 3. The number of halogens is 1. The minimum absolute atomic E-state index is 0.0186. The molecule has 0 aromatic carbocycles. The summed E-state index contributed by atoms with van der Waals surface area (Å²) in [6, 6.07) is 1.23. The van der Waals surface area contributed by atoms with E-state index in [1.807, 2.05) is 0 Å². The van der Waals surface area contributed by atoms with E-state index >= 15 is 0 Å². The van der Waals surface area contributed by atoms with Crippen molar-refractivity contribution in [2.24, 2.45) is 0 Å². The molecule has 1 aromatic heterocycles. The average molecular weight is 191 g/mol. The largest absolute Gasteiger partial charge is 0.477 e. The molecule has 0 unspecified atom stereocenters. The molecule has 0 amide bonds. The van der Waals surface area contributed by atoms with Gasteiger partial charge >= 0.3 is 5.97 Å². The predicted octanol–water partition coefficient (Wildman–Crippen LogP) is 1.49. The van der Waals surface area contributed by atoms with E-state index in [0.717, 1.165) is 0 Å². The van der Waals surface area contributed by atoms with Crippen LogP contribution in [0.4, 0.5) is 0 Å². The summed E-state index contributed by atoms with van der Waals surface area (Å²) in [6.07, 6.45) is 0. The highest BCUT2D eigenvalue weighted by Gasteiger charge is 2.03. The highest BCUT2D eigenvalue weighted by molar-refractivity contribution is 7.71. The van der Waals surface area contributed by atoms with Gasteiger partial charge in [0.1, 0.15) is 10.3 Å². The summed E-state index contributed by atoms with van der Waals surface area (Å²) in [5, 5.41) is 8.45. The molecule has 0 fully saturated rings. The van der Waals surface area contributed by atoms with Crippen LogP contribution in [0.5, 0.6) is 0 Å². The molecule has 58 valence electrons. The lowest BCUT2D eigenvalue weighted by atomic mass is 10.4. The van der Waals surface area contributed by atoms with Crippen LogP contribution < -0.4 is 0 Å². The maximum atomic E-state index is 10.3. The van der Waals surface area contributed by atoms with E-state index in [1.54, 1.807) is 0 Å². The zero-order chi connectivity index (χ0) is 8.43. The van der Waals surface area contributed by atoms with E-state index in [4.69, 9.17) is 16.7 Å². The first-order valence-corrected chi connectivity index (χ1v) is 3.38. The number of hydrogen-bond donors (Lipinski definition) is 2. The zero-order valence-corrected chi connectivity index (χ0v) is 6.74. The van der Waals surface area contributed by atoms with Crippen LogP contribution >= 0.6 is 23.8 Å². The second kappa shape index (κ2) is 2.98. The first-order chi connectivity index (χ1) is 5.09. The molecule has 1 heterocycles. The number of aromatic amines is 1. The number of aromatic nitrogens is 2. The summed E-state index contributed by atoms with van der Waals surface area (Å²) in [5.41, 5.74) is -0.0602. The summed E-state index contributed by atoms with van der Waals surface area (Å²) in [7, 11) is 0. The molecule has 0 aliphatic heterocycles. The third kappa shape index (κ3) is 1.99. The highest BCUT2D eigenvalue weighted by atomic mass is 35.5. The molecular formula is C5H3ClN2O2S. The highest BCUT2D eigenvalue weighted by Crippen LogP contribution is 2.02. The van der Waals surface area contributed by atoms with E-state index in [0.29, 0.717) is 0 Å². The number of carboxylic acid groups (broad SMARTS) is 1. The van der Waals surface area contributed by atoms with Gasteiger partial charge in [-0.2, -0.15) is 0 Å². The van der Waals surface area contributed by atoms with Gasteiger partial charge in [-0.25, -0.2) is 9.78 Å². The van der Waals surface area contributed by atoms with Gasteiger partial charge in [0.2, 0.25) is 5.28 Å². The topological polar surface area (TPSA) is 66.0 Å². The van der Waals surface area contributed by atoms with Crippen molar-refractivity contribution in [3.63, 3.8) is 0 Å². The molecule has 0 radical (unpaired) electrons. The minimum Gasteiger partial charge on any atom is -0.477 e. The Kier molecular flexibility index (Phi) is 2.21. The van der Waals surface area contributed by atoms with Crippen molar-refractivity contribution in [3.8, 4) is 0 Å². The molecule has 0 bridgehead atoms. The summed E-state index contributed by atoms with van der Waals surface area (Å²) in [6.45, 7) is 0. The van der Waals surface area contributed by atoms with Crippen LogP contribution in [0.1, 0.15) is 10.5 Å². The van der Waals surface area contributed by atoms with Crippen LogP contribution in [-0.4, -0.2) is 21.0 Å². The lowest BCUT2D eigenvalue weighted by Crippen LogP contribution is -2.01. The summed E-state index contributed by atoms with van der Waals surface area (Å²) in [4.78, 5) is 16.3. The number of nitrogens with zero attached hydrogens (tertiary/aromatic N) is 1. The van der Waals surface area contributed by atoms with Gasteiger partial charge in [0, 0.05) is 6.07 Å². The molecule has 4 nitrogen and oxygen atoms in total. The smallest absolute Gasteiger partial charge is 0.352 e. The maximum Gasteiger partial charge on any atom is 0.352 e. The first-order valence-electron chi connectivity index (χ1n) is 2.60. The van der Waals surface area contributed by atoms with Gasteiger partial charge in [0.05, 0.1) is 0 Å². The van der Waals surface area contributed by atoms with Crippen LogP contribution in [-0.2, 0) is 0 Å². The van der Waals surface area contributed by atoms with Crippen molar-refractivity contribution in [2.45, 2.75) is 0 Å². The normalized spacial score (nSPS) is 9.55. The fourth-order valence-electron chi connectivity index (χ4n) is 0.543. The molecule has 1 rings (SSSR count). The minimum atomic E-state index is -1.11. The molecule has 0 atom stereocenters. The monoisotopic (exact) mass is 190 g/mol. The summed E-state index contributed by atoms with van der Waals surface area (Å²) >= 11 is 10.0. The molecule has 0 aliphatic rings. The molecule has 0 saturated heterocycles. The lowest BCUT2D eigenvalue weighted by Gasteiger charge is -1.93. The standard InChI is InChI=1S/C5H3ClN2O2S/c6-5-7-2(4(9)10)1-3(11)8-5/h1H,(H,9,10)(H,7,8,11). The van der Waals surface area contributed by atoms with E-state index in [9.17, 15) is 4.79 Å². The van der Waals surface area contributed by atoms with Gasteiger partial charge in [-0.3, -0.25) is 0 Å². The van der Waals surface area contributed by atoms with Crippen LogP contribution in [0, 0.1) is 4.64 Å².